The Labute approximate surface area is 142 Å². The Kier molecular flexibility index (Phi) is 5.69. The molecule has 0 radical (unpaired) electrons. The van der Waals surface area contributed by atoms with Crippen LogP contribution in [0, 0.1) is 0 Å². The van der Waals surface area contributed by atoms with E-state index in [0.29, 0.717) is 17.8 Å². The minimum atomic E-state index is 0.450. The van der Waals surface area contributed by atoms with Crippen molar-refractivity contribution in [3.05, 3.63) is 66.3 Å². The van der Waals surface area contributed by atoms with Crippen LogP contribution < -0.4 is 5.32 Å². The van der Waals surface area contributed by atoms with E-state index < -0.39 is 0 Å². The molecule has 0 saturated carbocycles. The molecule has 0 aliphatic carbocycles. The van der Waals surface area contributed by atoms with Crippen LogP contribution >= 0.6 is 0 Å². The first-order valence-corrected chi connectivity index (χ1v) is 8.31. The molecule has 3 aromatic rings. The summed E-state index contributed by atoms with van der Waals surface area (Å²) in [6, 6.07) is 14.8. The number of nitrogens with zero attached hydrogens (tertiary/aromatic N) is 3. The summed E-state index contributed by atoms with van der Waals surface area (Å²) in [6.07, 6.45) is 6.38. The Morgan fingerprint density at radius 3 is 2.75 bits per heavy atom. The van der Waals surface area contributed by atoms with E-state index in [9.17, 15) is 0 Å². The fraction of sp³-hybridized carbons (Fsp3) is 0.316. The number of hydrogen-bond donors (Lipinski definition) is 1. The first-order valence-electron chi connectivity index (χ1n) is 8.31. The summed E-state index contributed by atoms with van der Waals surface area (Å²) in [5.41, 5.74) is 2.25. The van der Waals surface area contributed by atoms with Gasteiger partial charge in [-0.3, -0.25) is 4.98 Å². The van der Waals surface area contributed by atoms with Crippen molar-refractivity contribution in [3.8, 4) is 11.4 Å². The fourth-order valence-corrected chi connectivity index (χ4v) is 2.52. The molecule has 5 nitrogen and oxygen atoms in total. The molecule has 24 heavy (non-hydrogen) atoms. The zero-order valence-corrected chi connectivity index (χ0v) is 13.9. The van der Waals surface area contributed by atoms with Gasteiger partial charge in [0.2, 0.25) is 11.7 Å². The van der Waals surface area contributed by atoms with Gasteiger partial charge in [-0.15, -0.1) is 0 Å². The molecule has 5 heteroatoms. The maximum atomic E-state index is 5.30. The highest BCUT2D eigenvalue weighted by molar-refractivity contribution is 5.51. The van der Waals surface area contributed by atoms with Gasteiger partial charge in [0.05, 0.1) is 0 Å². The molecule has 0 saturated heterocycles. The zero-order valence-electron chi connectivity index (χ0n) is 13.9. The lowest BCUT2D eigenvalue weighted by Gasteiger charge is -2.12. The second kappa shape index (κ2) is 8.36. The smallest absolute Gasteiger partial charge is 0.228 e. The summed E-state index contributed by atoms with van der Waals surface area (Å²) in [4.78, 5) is 8.48. The Balaban J connectivity index is 1.41. The number of aromatic nitrogens is 3. The highest BCUT2D eigenvalue weighted by atomic mass is 16.5. The van der Waals surface area contributed by atoms with Crippen LogP contribution in [-0.4, -0.2) is 27.7 Å². The highest BCUT2D eigenvalue weighted by Crippen LogP contribution is 2.13. The largest absolute Gasteiger partial charge is 0.339 e. The van der Waals surface area contributed by atoms with Gasteiger partial charge in [0.25, 0.3) is 0 Å². The average molecular weight is 322 g/mol. The Hall–Kier alpha value is -2.53. The molecule has 0 amide bonds. The summed E-state index contributed by atoms with van der Waals surface area (Å²) in [5.74, 6) is 1.24. The summed E-state index contributed by atoms with van der Waals surface area (Å²) >= 11 is 0. The Morgan fingerprint density at radius 2 is 1.96 bits per heavy atom. The molecular formula is C19H22N4O. The van der Waals surface area contributed by atoms with Crippen molar-refractivity contribution in [3.63, 3.8) is 0 Å². The first kappa shape index (κ1) is 16.3. The molecule has 2 heterocycles. The van der Waals surface area contributed by atoms with Crippen molar-refractivity contribution < 1.29 is 4.52 Å². The van der Waals surface area contributed by atoms with Gasteiger partial charge in [-0.1, -0.05) is 35.5 Å². The number of pyridine rings is 1. The summed E-state index contributed by atoms with van der Waals surface area (Å²) in [5, 5.41) is 7.52. The van der Waals surface area contributed by atoms with Gasteiger partial charge in [-0.25, -0.2) is 0 Å². The normalized spacial score (nSPS) is 12.2. The summed E-state index contributed by atoms with van der Waals surface area (Å²) < 4.78 is 5.30. The minimum Gasteiger partial charge on any atom is -0.339 e. The van der Waals surface area contributed by atoms with Gasteiger partial charge in [-0.05, 0) is 37.5 Å². The van der Waals surface area contributed by atoms with E-state index in [1.807, 2.05) is 12.1 Å². The van der Waals surface area contributed by atoms with Gasteiger partial charge in [0, 0.05) is 37.0 Å². The lowest BCUT2D eigenvalue weighted by molar-refractivity contribution is 0.372. The third-order valence-corrected chi connectivity index (χ3v) is 3.93. The van der Waals surface area contributed by atoms with Crippen molar-refractivity contribution in [2.24, 2.45) is 0 Å². The molecule has 1 N–H and O–H groups in total. The van der Waals surface area contributed by atoms with Crippen LogP contribution in [0.25, 0.3) is 11.4 Å². The van der Waals surface area contributed by atoms with Crippen LogP contribution in [0.3, 0.4) is 0 Å². The van der Waals surface area contributed by atoms with E-state index in [1.54, 1.807) is 12.4 Å². The minimum absolute atomic E-state index is 0.450. The molecule has 0 unspecified atom stereocenters. The highest BCUT2D eigenvalue weighted by Gasteiger charge is 2.09. The van der Waals surface area contributed by atoms with Crippen molar-refractivity contribution >= 4 is 0 Å². The summed E-state index contributed by atoms with van der Waals surface area (Å²) in [7, 11) is 0. The molecular weight excluding hydrogens is 300 g/mol. The van der Waals surface area contributed by atoms with Crippen molar-refractivity contribution in [2.45, 2.75) is 32.2 Å². The molecule has 124 valence electrons. The molecule has 0 fully saturated rings. The van der Waals surface area contributed by atoms with E-state index in [4.69, 9.17) is 4.52 Å². The van der Waals surface area contributed by atoms with E-state index in [0.717, 1.165) is 31.4 Å². The molecule has 0 aliphatic rings. The molecule has 3 rings (SSSR count). The van der Waals surface area contributed by atoms with Gasteiger partial charge < -0.3 is 9.84 Å². The standard InChI is InChI=1S/C19H22N4O/c1-15(9-10-16-6-3-2-4-7-16)21-13-11-18-22-19(23-24-18)17-8-5-12-20-14-17/h2-8,12,14-15,21H,9-11,13H2,1H3/t15-/m0/s1. The Bertz CT molecular complexity index is 727. The molecule has 1 aromatic carbocycles. The van der Waals surface area contributed by atoms with Crippen LogP contribution in [0.4, 0.5) is 0 Å². The van der Waals surface area contributed by atoms with E-state index in [1.165, 1.54) is 5.56 Å². The predicted octanol–water partition coefficient (Wildman–Crippen LogP) is 3.29. The topological polar surface area (TPSA) is 63.8 Å². The third-order valence-electron chi connectivity index (χ3n) is 3.93. The van der Waals surface area contributed by atoms with Gasteiger partial charge in [0.1, 0.15) is 0 Å². The van der Waals surface area contributed by atoms with Crippen molar-refractivity contribution in [2.75, 3.05) is 6.54 Å². The second-order valence-corrected chi connectivity index (χ2v) is 5.88. The maximum Gasteiger partial charge on any atom is 0.228 e. The van der Waals surface area contributed by atoms with Crippen LogP contribution in [-0.2, 0) is 12.8 Å². The first-order chi connectivity index (χ1) is 11.8. The van der Waals surface area contributed by atoms with Crippen LogP contribution in [0.1, 0.15) is 24.8 Å². The second-order valence-electron chi connectivity index (χ2n) is 5.88. The van der Waals surface area contributed by atoms with E-state index >= 15 is 0 Å². The number of nitrogens with one attached hydrogen (secondary N) is 1. The van der Waals surface area contributed by atoms with Gasteiger partial charge in [-0.2, -0.15) is 4.98 Å². The Morgan fingerprint density at radius 1 is 1.08 bits per heavy atom. The van der Waals surface area contributed by atoms with Gasteiger partial charge >= 0.3 is 0 Å². The molecule has 0 bridgehead atoms. The lowest BCUT2D eigenvalue weighted by Crippen LogP contribution is -2.28. The maximum absolute atomic E-state index is 5.30. The summed E-state index contributed by atoms with van der Waals surface area (Å²) in [6.45, 7) is 3.03. The molecule has 0 spiro atoms. The SMILES string of the molecule is C[C@@H](CCc1ccccc1)NCCc1nc(-c2cccnc2)no1. The average Bonchev–Trinajstić information content (AvgIpc) is 3.11. The van der Waals surface area contributed by atoms with Crippen LogP contribution in [0.15, 0.2) is 59.4 Å². The van der Waals surface area contributed by atoms with Gasteiger partial charge in [0.15, 0.2) is 0 Å². The zero-order chi connectivity index (χ0) is 16.6. The van der Waals surface area contributed by atoms with Crippen molar-refractivity contribution in [1.29, 1.82) is 0 Å². The van der Waals surface area contributed by atoms with E-state index in [-0.39, 0.29) is 0 Å². The van der Waals surface area contributed by atoms with Crippen LogP contribution in [0.5, 0.6) is 0 Å². The predicted molar refractivity (Wildman–Crippen MR) is 93.5 cm³/mol. The van der Waals surface area contributed by atoms with Crippen molar-refractivity contribution in [1.82, 2.24) is 20.4 Å². The number of hydrogen-bond acceptors (Lipinski definition) is 5. The van der Waals surface area contributed by atoms with Crippen LogP contribution in [0.2, 0.25) is 0 Å². The molecule has 2 aromatic heterocycles. The third kappa shape index (κ3) is 4.73. The molecule has 0 aliphatic heterocycles. The molecule has 1 atom stereocenters. The monoisotopic (exact) mass is 322 g/mol. The fourth-order valence-electron chi connectivity index (χ4n) is 2.52. The van der Waals surface area contributed by atoms with E-state index in [2.05, 4.69) is 57.7 Å². The number of aryl methyl sites for hydroxylation is 1. The quantitative estimate of drug-likeness (QED) is 0.689. The lowest BCUT2D eigenvalue weighted by atomic mass is 10.1. The number of benzene rings is 1. The number of rotatable bonds is 8.